The molecule has 0 amide bonds. The van der Waals surface area contributed by atoms with E-state index in [1.165, 1.54) is 0 Å². The lowest BCUT2D eigenvalue weighted by Crippen LogP contribution is -2.04. The molecule has 1 aromatic carbocycles. The lowest BCUT2D eigenvalue weighted by molar-refractivity contribution is 0.184. The monoisotopic (exact) mass is 253 g/mol. The van der Waals surface area contributed by atoms with Gasteiger partial charge in [-0.3, -0.25) is 0 Å². The highest BCUT2D eigenvalue weighted by Gasteiger charge is 2.02. The first-order chi connectivity index (χ1) is 9.33. The van der Waals surface area contributed by atoms with Crippen molar-refractivity contribution in [3.05, 3.63) is 59.3 Å². The molecule has 2 rings (SSSR count). The molecule has 19 heavy (non-hydrogen) atoms. The molecule has 0 atom stereocenters. The van der Waals surface area contributed by atoms with Crippen LogP contribution < -0.4 is 5.32 Å². The zero-order valence-corrected chi connectivity index (χ0v) is 10.8. The van der Waals surface area contributed by atoms with E-state index in [0.717, 1.165) is 11.1 Å². The molecule has 0 aliphatic heterocycles. The number of rotatable bonds is 5. The Kier molecular flexibility index (Phi) is 4.49. The van der Waals surface area contributed by atoms with Crippen molar-refractivity contribution in [1.82, 2.24) is 4.98 Å². The second kappa shape index (κ2) is 6.53. The molecule has 1 heterocycles. The van der Waals surface area contributed by atoms with E-state index in [0.29, 0.717) is 24.5 Å². The van der Waals surface area contributed by atoms with Crippen LogP contribution >= 0.6 is 0 Å². The maximum absolute atomic E-state index is 8.84. The zero-order chi connectivity index (χ0) is 13.5. The average molecular weight is 253 g/mol. The smallest absolute Gasteiger partial charge is 0.127 e. The largest absolute Gasteiger partial charge is 0.380 e. The van der Waals surface area contributed by atoms with Crippen LogP contribution in [0.3, 0.4) is 0 Å². The topological polar surface area (TPSA) is 57.9 Å². The van der Waals surface area contributed by atoms with Crippen LogP contribution in [0.15, 0.2) is 42.6 Å². The summed E-state index contributed by atoms with van der Waals surface area (Å²) in [6, 6.07) is 13.6. The molecular weight excluding hydrogens is 238 g/mol. The molecule has 0 spiro atoms. The number of pyridine rings is 1. The third-order valence-electron chi connectivity index (χ3n) is 2.77. The van der Waals surface area contributed by atoms with Crippen LogP contribution in [0.4, 0.5) is 5.82 Å². The van der Waals surface area contributed by atoms with Gasteiger partial charge in [-0.1, -0.05) is 24.3 Å². The second-order valence-electron chi connectivity index (χ2n) is 4.10. The van der Waals surface area contributed by atoms with Gasteiger partial charge in [0, 0.05) is 19.9 Å². The molecule has 0 aliphatic rings. The van der Waals surface area contributed by atoms with Gasteiger partial charge in [0.1, 0.15) is 5.82 Å². The molecule has 0 fully saturated rings. The summed E-state index contributed by atoms with van der Waals surface area (Å²) in [7, 11) is 1.68. The number of anilines is 1. The molecule has 0 bridgehead atoms. The fourth-order valence-corrected chi connectivity index (χ4v) is 1.81. The van der Waals surface area contributed by atoms with Gasteiger partial charge in [0.2, 0.25) is 0 Å². The first-order valence-corrected chi connectivity index (χ1v) is 5.99. The highest BCUT2D eigenvalue weighted by Crippen LogP contribution is 2.13. The van der Waals surface area contributed by atoms with Crippen molar-refractivity contribution in [3.8, 4) is 6.07 Å². The molecule has 0 unspecified atom stereocenters. The minimum atomic E-state index is 0.587. The third-order valence-corrected chi connectivity index (χ3v) is 2.77. The molecule has 2 aromatic rings. The van der Waals surface area contributed by atoms with E-state index >= 15 is 0 Å². The number of nitriles is 1. The van der Waals surface area contributed by atoms with E-state index in [1.54, 1.807) is 25.4 Å². The van der Waals surface area contributed by atoms with Crippen LogP contribution in [-0.4, -0.2) is 12.1 Å². The number of methoxy groups -OCH3 is 1. The van der Waals surface area contributed by atoms with Crippen molar-refractivity contribution in [2.75, 3.05) is 12.4 Å². The number of nitrogens with one attached hydrogen (secondary N) is 1. The van der Waals surface area contributed by atoms with Crippen LogP contribution in [-0.2, 0) is 17.9 Å². The zero-order valence-electron chi connectivity index (χ0n) is 10.8. The maximum Gasteiger partial charge on any atom is 0.127 e. The summed E-state index contributed by atoms with van der Waals surface area (Å²) in [6.07, 6.45) is 1.63. The lowest BCUT2D eigenvalue weighted by Gasteiger charge is -2.10. The number of ether oxygens (including phenoxy) is 1. The predicted octanol–water partition coefficient (Wildman–Crippen LogP) is 2.71. The fraction of sp³-hybridized carbons (Fsp3) is 0.200. The van der Waals surface area contributed by atoms with Crippen molar-refractivity contribution < 1.29 is 4.74 Å². The maximum atomic E-state index is 8.84. The van der Waals surface area contributed by atoms with Gasteiger partial charge in [0.25, 0.3) is 0 Å². The van der Waals surface area contributed by atoms with Crippen LogP contribution in [0.25, 0.3) is 0 Å². The van der Waals surface area contributed by atoms with Crippen LogP contribution in [0.1, 0.15) is 16.7 Å². The van der Waals surface area contributed by atoms with Gasteiger partial charge in [0.05, 0.1) is 18.2 Å². The van der Waals surface area contributed by atoms with Gasteiger partial charge >= 0.3 is 0 Å². The summed E-state index contributed by atoms with van der Waals surface area (Å²) < 4.78 is 5.17. The highest BCUT2D eigenvalue weighted by molar-refractivity contribution is 5.43. The van der Waals surface area contributed by atoms with E-state index in [1.807, 2.05) is 18.2 Å². The lowest BCUT2D eigenvalue weighted by atomic mass is 10.1. The number of aromatic nitrogens is 1. The Bertz CT molecular complexity index is 590. The molecule has 4 heteroatoms. The Morgan fingerprint density at radius 3 is 2.79 bits per heavy atom. The SMILES string of the molecule is COCc1ccccc1CNc1cc(C#N)ccn1. The normalized spacial score (nSPS) is 9.89. The van der Waals surface area contributed by atoms with E-state index in [-0.39, 0.29) is 0 Å². The Labute approximate surface area is 112 Å². The summed E-state index contributed by atoms with van der Waals surface area (Å²) in [5, 5.41) is 12.1. The minimum absolute atomic E-state index is 0.587. The number of nitrogens with zero attached hydrogens (tertiary/aromatic N) is 2. The van der Waals surface area contributed by atoms with Crippen LogP contribution in [0.2, 0.25) is 0 Å². The standard InChI is InChI=1S/C15H15N3O/c1-19-11-14-5-3-2-4-13(14)10-18-15-8-12(9-16)6-7-17-15/h2-8H,10-11H2,1H3,(H,17,18). The number of benzene rings is 1. The molecular formula is C15H15N3O. The first-order valence-electron chi connectivity index (χ1n) is 5.99. The Morgan fingerprint density at radius 2 is 2.05 bits per heavy atom. The van der Waals surface area contributed by atoms with Crippen molar-refractivity contribution in [3.63, 3.8) is 0 Å². The molecule has 96 valence electrons. The summed E-state index contributed by atoms with van der Waals surface area (Å²) >= 11 is 0. The fourth-order valence-electron chi connectivity index (χ4n) is 1.81. The number of hydrogen-bond donors (Lipinski definition) is 1. The van der Waals surface area contributed by atoms with Gasteiger partial charge in [-0.15, -0.1) is 0 Å². The summed E-state index contributed by atoms with van der Waals surface area (Å²) in [5.41, 5.74) is 2.91. The summed E-state index contributed by atoms with van der Waals surface area (Å²) in [4.78, 5) is 4.18. The van der Waals surface area contributed by atoms with E-state index in [4.69, 9.17) is 10.00 Å². The molecule has 0 aliphatic carbocycles. The van der Waals surface area contributed by atoms with Crippen molar-refractivity contribution >= 4 is 5.82 Å². The predicted molar refractivity (Wildman–Crippen MR) is 73.4 cm³/mol. The van der Waals surface area contributed by atoms with Gasteiger partial charge in [-0.25, -0.2) is 4.98 Å². The first kappa shape index (κ1) is 13.1. The average Bonchev–Trinajstić information content (AvgIpc) is 2.47. The third kappa shape index (κ3) is 3.54. The van der Waals surface area contributed by atoms with Crippen molar-refractivity contribution in [2.24, 2.45) is 0 Å². The number of hydrogen-bond acceptors (Lipinski definition) is 4. The van der Waals surface area contributed by atoms with Crippen molar-refractivity contribution in [2.45, 2.75) is 13.2 Å². The van der Waals surface area contributed by atoms with E-state index in [9.17, 15) is 0 Å². The molecule has 0 saturated carbocycles. The van der Waals surface area contributed by atoms with Gasteiger partial charge < -0.3 is 10.1 Å². The second-order valence-corrected chi connectivity index (χ2v) is 4.10. The van der Waals surface area contributed by atoms with Crippen LogP contribution in [0, 0.1) is 11.3 Å². The van der Waals surface area contributed by atoms with Gasteiger partial charge in [-0.2, -0.15) is 5.26 Å². The quantitative estimate of drug-likeness (QED) is 0.890. The molecule has 0 saturated heterocycles. The van der Waals surface area contributed by atoms with Gasteiger partial charge in [-0.05, 0) is 23.3 Å². The molecule has 4 nitrogen and oxygen atoms in total. The van der Waals surface area contributed by atoms with E-state index in [2.05, 4.69) is 22.4 Å². The summed E-state index contributed by atoms with van der Waals surface area (Å²) in [6.45, 7) is 1.24. The Hall–Kier alpha value is -2.38. The Balaban J connectivity index is 2.08. The summed E-state index contributed by atoms with van der Waals surface area (Å²) in [5.74, 6) is 0.700. The van der Waals surface area contributed by atoms with Gasteiger partial charge in [0.15, 0.2) is 0 Å². The van der Waals surface area contributed by atoms with Crippen molar-refractivity contribution in [1.29, 1.82) is 5.26 Å². The molecule has 0 radical (unpaired) electrons. The molecule has 1 N–H and O–H groups in total. The Morgan fingerprint density at radius 1 is 1.26 bits per heavy atom. The van der Waals surface area contributed by atoms with E-state index < -0.39 is 0 Å². The molecule has 1 aromatic heterocycles. The highest BCUT2D eigenvalue weighted by atomic mass is 16.5. The minimum Gasteiger partial charge on any atom is -0.380 e. The van der Waals surface area contributed by atoms with Crippen LogP contribution in [0.5, 0.6) is 0 Å².